The summed E-state index contributed by atoms with van der Waals surface area (Å²) < 4.78 is 20.0. The molecule has 1 aromatic heterocycles. The number of thioether (sulfide) groups is 1. The number of rotatable bonds is 5. The molecular weight excluding hydrogens is 512 g/mol. The molecule has 174 valence electrons. The fourth-order valence-electron chi connectivity index (χ4n) is 3.58. The number of hydrogen-bond donors (Lipinski definition) is 0. The molecule has 0 atom stereocenters. The highest BCUT2D eigenvalue weighted by molar-refractivity contribution is 8.18. The molecule has 0 N–H and O–H groups in total. The van der Waals surface area contributed by atoms with Crippen molar-refractivity contribution < 1.29 is 18.7 Å². The number of aromatic nitrogens is 2. The second-order valence-corrected chi connectivity index (χ2v) is 9.19. The minimum atomic E-state index is -0.798. The number of hydrogen-bond acceptors (Lipinski definition) is 6. The molecule has 0 bridgehead atoms. The van der Waals surface area contributed by atoms with Crippen molar-refractivity contribution in [1.82, 2.24) is 14.9 Å². The van der Waals surface area contributed by atoms with E-state index in [2.05, 4.69) is 9.97 Å². The third kappa shape index (κ3) is 4.73. The molecule has 6 nitrogen and oxygen atoms in total. The molecule has 1 aliphatic heterocycles. The molecule has 1 fully saturated rings. The summed E-state index contributed by atoms with van der Waals surface area (Å²) in [6, 6.07) is 17.9. The summed E-state index contributed by atoms with van der Waals surface area (Å²) >= 11 is 12.8. The smallest absolute Gasteiger partial charge is 0.293 e. The summed E-state index contributed by atoms with van der Waals surface area (Å²) in [6.07, 6.45) is 2.47. The SMILES string of the molecule is O=C1S/C(=C/c2c(Oc3nc(Cl)ncc3F)ccc3ccccc23)C(=O)N1Cc1ccccc1Cl. The molecule has 0 spiro atoms. The van der Waals surface area contributed by atoms with Crippen LogP contribution in [0.15, 0.2) is 71.8 Å². The molecule has 1 saturated heterocycles. The number of ether oxygens (including phenoxy) is 1. The lowest BCUT2D eigenvalue weighted by Gasteiger charge is -2.14. The summed E-state index contributed by atoms with van der Waals surface area (Å²) in [6.45, 7) is 0.0468. The Morgan fingerprint density at radius 2 is 1.80 bits per heavy atom. The van der Waals surface area contributed by atoms with Crippen molar-refractivity contribution in [3.05, 3.63) is 99.0 Å². The van der Waals surface area contributed by atoms with Gasteiger partial charge in [0.05, 0.1) is 17.6 Å². The van der Waals surface area contributed by atoms with Gasteiger partial charge < -0.3 is 4.74 Å². The van der Waals surface area contributed by atoms with Gasteiger partial charge in [0.15, 0.2) is 0 Å². The highest BCUT2D eigenvalue weighted by Crippen LogP contribution is 2.39. The fourth-order valence-corrected chi connectivity index (χ4v) is 4.73. The molecule has 4 aromatic rings. The van der Waals surface area contributed by atoms with E-state index in [1.54, 1.807) is 42.5 Å². The molecule has 2 amide bonds. The van der Waals surface area contributed by atoms with Crippen LogP contribution in [0.3, 0.4) is 0 Å². The number of amides is 2. The second kappa shape index (κ2) is 9.65. The summed E-state index contributed by atoms with van der Waals surface area (Å²) in [5.41, 5.74) is 1.14. The van der Waals surface area contributed by atoms with Crippen molar-refractivity contribution in [2.75, 3.05) is 0 Å². The van der Waals surface area contributed by atoms with Crippen LogP contribution in [0, 0.1) is 5.82 Å². The van der Waals surface area contributed by atoms with Crippen LogP contribution >= 0.6 is 35.0 Å². The molecule has 1 aliphatic rings. The first-order valence-corrected chi connectivity index (χ1v) is 11.8. The van der Waals surface area contributed by atoms with Crippen molar-refractivity contribution in [2.45, 2.75) is 6.54 Å². The lowest BCUT2D eigenvalue weighted by atomic mass is 10.0. The number of imide groups is 1. The van der Waals surface area contributed by atoms with E-state index in [1.807, 2.05) is 24.3 Å². The van der Waals surface area contributed by atoms with E-state index in [1.165, 1.54) is 0 Å². The van der Waals surface area contributed by atoms with Crippen LogP contribution in [-0.4, -0.2) is 26.0 Å². The standard InChI is InChI=1S/C25H14Cl2FN3O3S/c26-18-8-4-2-6-15(18)13-31-23(32)21(35-25(31)33)11-17-16-7-3-1-5-14(16)9-10-20(17)34-22-19(28)12-29-24(27)30-22/h1-12H,13H2/b21-11+. The predicted octanol–water partition coefficient (Wildman–Crippen LogP) is 7.10. The van der Waals surface area contributed by atoms with Gasteiger partial charge in [-0.25, -0.2) is 4.98 Å². The molecule has 0 saturated carbocycles. The fraction of sp³-hybridized carbons (Fsp3) is 0.0400. The predicted molar refractivity (Wildman–Crippen MR) is 134 cm³/mol. The maximum Gasteiger partial charge on any atom is 0.293 e. The monoisotopic (exact) mass is 525 g/mol. The summed E-state index contributed by atoms with van der Waals surface area (Å²) in [5, 5.41) is 1.47. The van der Waals surface area contributed by atoms with Crippen molar-refractivity contribution in [1.29, 1.82) is 0 Å². The van der Waals surface area contributed by atoms with Gasteiger partial charge in [-0.2, -0.15) is 9.37 Å². The van der Waals surface area contributed by atoms with Crippen LogP contribution in [0.25, 0.3) is 16.8 Å². The van der Waals surface area contributed by atoms with Gasteiger partial charge in [-0.05, 0) is 57.9 Å². The van der Waals surface area contributed by atoms with Gasteiger partial charge in [0, 0.05) is 10.6 Å². The maximum absolute atomic E-state index is 14.3. The van der Waals surface area contributed by atoms with Crippen LogP contribution in [0.1, 0.15) is 11.1 Å². The Bertz CT molecular complexity index is 1530. The molecule has 0 unspecified atom stereocenters. The van der Waals surface area contributed by atoms with Gasteiger partial charge in [0.1, 0.15) is 5.75 Å². The molecule has 35 heavy (non-hydrogen) atoms. The topological polar surface area (TPSA) is 72.4 Å². The van der Waals surface area contributed by atoms with E-state index in [0.717, 1.165) is 33.6 Å². The van der Waals surface area contributed by atoms with Gasteiger partial charge in [-0.15, -0.1) is 0 Å². The van der Waals surface area contributed by atoms with Gasteiger partial charge in [0.2, 0.25) is 11.1 Å². The Balaban J connectivity index is 1.56. The second-order valence-electron chi connectivity index (χ2n) is 7.45. The van der Waals surface area contributed by atoms with E-state index < -0.39 is 17.0 Å². The zero-order valence-electron chi connectivity index (χ0n) is 17.7. The van der Waals surface area contributed by atoms with Crippen molar-refractivity contribution >= 4 is 63.0 Å². The van der Waals surface area contributed by atoms with Crippen LogP contribution < -0.4 is 4.74 Å². The largest absolute Gasteiger partial charge is 0.436 e. The minimum absolute atomic E-state index is 0.0468. The van der Waals surface area contributed by atoms with E-state index in [4.69, 9.17) is 27.9 Å². The van der Waals surface area contributed by atoms with Crippen molar-refractivity contribution in [2.24, 2.45) is 0 Å². The normalized spacial score (nSPS) is 14.8. The summed E-state index contributed by atoms with van der Waals surface area (Å²) in [7, 11) is 0. The van der Waals surface area contributed by atoms with Gasteiger partial charge in [-0.3, -0.25) is 14.5 Å². The molecule has 2 heterocycles. The first-order valence-electron chi connectivity index (χ1n) is 10.3. The van der Waals surface area contributed by atoms with Gasteiger partial charge in [0.25, 0.3) is 17.0 Å². The third-order valence-corrected chi connectivity index (χ3v) is 6.71. The Hall–Kier alpha value is -3.46. The van der Waals surface area contributed by atoms with Crippen LogP contribution in [0.5, 0.6) is 11.6 Å². The number of benzene rings is 3. The molecule has 0 radical (unpaired) electrons. The van der Waals surface area contributed by atoms with E-state index in [-0.39, 0.29) is 28.4 Å². The quantitative estimate of drug-likeness (QED) is 0.204. The number of carbonyl (C=O) groups excluding carboxylic acids is 2. The number of fused-ring (bicyclic) bond motifs is 1. The third-order valence-electron chi connectivity index (χ3n) is 5.26. The van der Waals surface area contributed by atoms with Crippen molar-refractivity contribution in [3.8, 4) is 11.6 Å². The van der Waals surface area contributed by atoms with Crippen LogP contribution in [0.2, 0.25) is 10.3 Å². The summed E-state index contributed by atoms with van der Waals surface area (Å²) in [5.74, 6) is -1.39. The highest BCUT2D eigenvalue weighted by Gasteiger charge is 2.35. The number of halogens is 3. The zero-order chi connectivity index (χ0) is 24.5. The Labute approximate surface area is 213 Å². The van der Waals surface area contributed by atoms with Gasteiger partial charge >= 0.3 is 0 Å². The van der Waals surface area contributed by atoms with Crippen LogP contribution in [-0.2, 0) is 11.3 Å². The summed E-state index contributed by atoms with van der Waals surface area (Å²) in [4.78, 5) is 34.6. The lowest BCUT2D eigenvalue weighted by molar-refractivity contribution is -0.123. The first kappa shape index (κ1) is 23.3. The molecule has 5 rings (SSSR count). The number of nitrogens with zero attached hydrogens (tertiary/aromatic N) is 3. The Morgan fingerprint density at radius 3 is 2.63 bits per heavy atom. The zero-order valence-corrected chi connectivity index (χ0v) is 20.1. The average molecular weight is 526 g/mol. The molecular formula is C25H14Cl2FN3O3S. The molecule has 0 aliphatic carbocycles. The van der Waals surface area contributed by atoms with E-state index in [9.17, 15) is 14.0 Å². The minimum Gasteiger partial charge on any atom is -0.436 e. The van der Waals surface area contributed by atoms with E-state index >= 15 is 0 Å². The average Bonchev–Trinajstić information content (AvgIpc) is 3.11. The maximum atomic E-state index is 14.3. The van der Waals surface area contributed by atoms with E-state index in [0.29, 0.717) is 16.1 Å². The lowest BCUT2D eigenvalue weighted by Crippen LogP contribution is -2.27. The Kier molecular flexibility index (Phi) is 6.42. The molecule has 10 heteroatoms. The van der Waals surface area contributed by atoms with Crippen LogP contribution in [0.4, 0.5) is 9.18 Å². The van der Waals surface area contributed by atoms with Crippen molar-refractivity contribution in [3.63, 3.8) is 0 Å². The number of carbonyl (C=O) groups is 2. The first-order chi connectivity index (χ1) is 16.9. The molecule has 3 aromatic carbocycles. The van der Waals surface area contributed by atoms with Gasteiger partial charge in [-0.1, -0.05) is 60.1 Å². The highest BCUT2D eigenvalue weighted by atomic mass is 35.5. The Morgan fingerprint density at radius 1 is 1.03 bits per heavy atom.